The average Bonchev–Trinajstić information content (AvgIpc) is 2.17. The smallest absolute Gasteiger partial charge is 0.407 e. The van der Waals surface area contributed by atoms with E-state index in [1.807, 2.05) is 6.92 Å². The first-order valence-corrected chi connectivity index (χ1v) is 6.49. The predicted octanol–water partition coefficient (Wildman–Crippen LogP) is 3.19. The summed E-state index contributed by atoms with van der Waals surface area (Å²) in [6.45, 7) is 9.21. The summed E-state index contributed by atoms with van der Waals surface area (Å²) in [5, 5.41) is 2.71. The molecule has 0 aromatic heterocycles. The fourth-order valence-corrected chi connectivity index (χ4v) is 2.57. The van der Waals surface area contributed by atoms with Gasteiger partial charge in [0, 0.05) is 6.54 Å². The van der Waals surface area contributed by atoms with Crippen molar-refractivity contribution in [1.29, 1.82) is 0 Å². The number of nitrogens with one attached hydrogen (secondary N) is 1. The first kappa shape index (κ1) is 13.3. The van der Waals surface area contributed by atoms with E-state index < -0.39 is 0 Å². The molecule has 16 heavy (non-hydrogen) atoms. The minimum atomic E-state index is -0.257. The number of amides is 1. The van der Waals surface area contributed by atoms with Crippen molar-refractivity contribution < 1.29 is 9.53 Å². The second-order valence-electron chi connectivity index (χ2n) is 5.30. The zero-order valence-electron chi connectivity index (χ0n) is 11.0. The first-order chi connectivity index (χ1) is 7.54. The molecular weight excluding hydrogens is 202 g/mol. The van der Waals surface area contributed by atoms with E-state index in [-0.39, 0.29) is 12.2 Å². The largest absolute Gasteiger partial charge is 0.446 e. The lowest BCUT2D eigenvalue weighted by Crippen LogP contribution is -2.38. The number of alkyl carbamates (subject to hydrolysis) is 1. The predicted molar refractivity (Wildman–Crippen MR) is 65.3 cm³/mol. The highest BCUT2D eigenvalue weighted by atomic mass is 16.6. The van der Waals surface area contributed by atoms with E-state index in [2.05, 4.69) is 26.1 Å². The molecule has 3 heteroatoms. The Morgan fingerprint density at radius 3 is 2.69 bits per heavy atom. The van der Waals surface area contributed by atoms with Crippen LogP contribution in [-0.4, -0.2) is 18.7 Å². The number of hydrogen-bond acceptors (Lipinski definition) is 2. The van der Waals surface area contributed by atoms with Crippen LogP contribution >= 0.6 is 0 Å². The van der Waals surface area contributed by atoms with Gasteiger partial charge in [0.1, 0.15) is 6.10 Å². The van der Waals surface area contributed by atoms with Crippen LogP contribution < -0.4 is 5.32 Å². The molecule has 0 bridgehead atoms. The highest BCUT2D eigenvalue weighted by Crippen LogP contribution is 2.35. The van der Waals surface area contributed by atoms with E-state index in [0.717, 1.165) is 6.42 Å². The number of hydrogen-bond donors (Lipinski definition) is 1. The highest BCUT2D eigenvalue weighted by Gasteiger charge is 2.33. The van der Waals surface area contributed by atoms with Crippen LogP contribution in [0.1, 0.15) is 47.0 Å². The molecular formula is C13H25NO2. The molecule has 0 aromatic rings. The third kappa shape index (κ3) is 3.69. The van der Waals surface area contributed by atoms with Gasteiger partial charge in [0.15, 0.2) is 0 Å². The fourth-order valence-electron chi connectivity index (χ4n) is 2.57. The number of ether oxygens (including phenoxy) is 1. The molecule has 1 aliphatic rings. The third-order valence-corrected chi connectivity index (χ3v) is 3.54. The molecule has 0 radical (unpaired) electrons. The molecule has 0 saturated heterocycles. The van der Waals surface area contributed by atoms with Gasteiger partial charge in [-0.2, -0.15) is 0 Å². The lowest BCUT2D eigenvalue weighted by molar-refractivity contribution is 0.00643. The summed E-state index contributed by atoms with van der Waals surface area (Å²) in [4.78, 5) is 11.5. The normalized spacial score (nSPS) is 30.2. The van der Waals surface area contributed by atoms with Gasteiger partial charge in [-0.3, -0.25) is 0 Å². The molecule has 0 heterocycles. The van der Waals surface area contributed by atoms with Gasteiger partial charge in [-0.15, -0.1) is 0 Å². The fraction of sp³-hybridized carbons (Fsp3) is 0.923. The molecule has 0 spiro atoms. The Kier molecular flexibility index (Phi) is 5.10. The van der Waals surface area contributed by atoms with Crippen molar-refractivity contribution in [3.8, 4) is 0 Å². The Bertz CT molecular complexity index is 228. The van der Waals surface area contributed by atoms with Gasteiger partial charge in [0.05, 0.1) is 0 Å². The molecule has 3 atom stereocenters. The third-order valence-electron chi connectivity index (χ3n) is 3.54. The van der Waals surface area contributed by atoms with Gasteiger partial charge < -0.3 is 10.1 Å². The van der Waals surface area contributed by atoms with Gasteiger partial charge in [0.25, 0.3) is 0 Å². The summed E-state index contributed by atoms with van der Waals surface area (Å²) in [6.07, 6.45) is 3.31. The van der Waals surface area contributed by atoms with Crippen molar-refractivity contribution in [2.75, 3.05) is 6.54 Å². The zero-order chi connectivity index (χ0) is 12.1. The van der Waals surface area contributed by atoms with E-state index in [1.165, 1.54) is 12.8 Å². The SMILES string of the molecule is CCNC(=O)O[C@H]1C[C@@H](C)CC[C@@H]1C(C)C. The van der Waals surface area contributed by atoms with Gasteiger partial charge in [-0.1, -0.05) is 27.2 Å². The van der Waals surface area contributed by atoms with Crippen LogP contribution in [0.2, 0.25) is 0 Å². The molecule has 1 rings (SSSR count). The van der Waals surface area contributed by atoms with Crippen LogP contribution in [0.25, 0.3) is 0 Å². The Morgan fingerprint density at radius 1 is 1.44 bits per heavy atom. The minimum Gasteiger partial charge on any atom is -0.446 e. The summed E-state index contributed by atoms with van der Waals surface area (Å²) in [5.74, 6) is 1.79. The zero-order valence-corrected chi connectivity index (χ0v) is 11.0. The summed E-state index contributed by atoms with van der Waals surface area (Å²) in [6, 6.07) is 0. The monoisotopic (exact) mass is 227 g/mol. The van der Waals surface area contributed by atoms with Gasteiger partial charge in [-0.05, 0) is 37.5 Å². The average molecular weight is 227 g/mol. The number of carbonyl (C=O) groups is 1. The summed E-state index contributed by atoms with van der Waals surface area (Å²) < 4.78 is 5.53. The molecule has 0 aliphatic heterocycles. The molecule has 94 valence electrons. The number of carbonyl (C=O) groups excluding carboxylic acids is 1. The van der Waals surface area contributed by atoms with Crippen molar-refractivity contribution in [3.05, 3.63) is 0 Å². The molecule has 1 amide bonds. The van der Waals surface area contributed by atoms with Crippen LogP contribution in [0, 0.1) is 17.8 Å². The van der Waals surface area contributed by atoms with E-state index >= 15 is 0 Å². The molecule has 1 fully saturated rings. The van der Waals surface area contributed by atoms with Crippen LogP contribution in [0.4, 0.5) is 4.79 Å². The minimum absolute atomic E-state index is 0.107. The quantitative estimate of drug-likeness (QED) is 0.804. The van der Waals surface area contributed by atoms with Gasteiger partial charge in [0.2, 0.25) is 0 Å². The maximum Gasteiger partial charge on any atom is 0.407 e. The second-order valence-corrected chi connectivity index (χ2v) is 5.30. The number of rotatable bonds is 3. The molecule has 1 N–H and O–H groups in total. The Labute approximate surface area is 98.9 Å². The molecule has 3 nitrogen and oxygen atoms in total. The highest BCUT2D eigenvalue weighted by molar-refractivity contribution is 5.67. The molecule has 0 unspecified atom stereocenters. The van der Waals surface area contributed by atoms with Crippen LogP contribution in [0.15, 0.2) is 0 Å². The van der Waals surface area contributed by atoms with Crippen molar-refractivity contribution in [2.45, 2.75) is 53.1 Å². The molecule has 1 saturated carbocycles. The maximum absolute atomic E-state index is 11.5. The van der Waals surface area contributed by atoms with E-state index in [1.54, 1.807) is 0 Å². The Balaban J connectivity index is 2.54. The van der Waals surface area contributed by atoms with Crippen molar-refractivity contribution in [1.82, 2.24) is 5.32 Å². The van der Waals surface area contributed by atoms with Gasteiger partial charge in [-0.25, -0.2) is 4.79 Å². The Morgan fingerprint density at radius 2 is 2.12 bits per heavy atom. The lowest BCUT2D eigenvalue weighted by atomic mass is 9.75. The topological polar surface area (TPSA) is 38.3 Å². The van der Waals surface area contributed by atoms with Crippen LogP contribution in [0.3, 0.4) is 0 Å². The van der Waals surface area contributed by atoms with Crippen LogP contribution in [-0.2, 0) is 4.74 Å². The van der Waals surface area contributed by atoms with Crippen molar-refractivity contribution in [2.24, 2.45) is 17.8 Å². The first-order valence-electron chi connectivity index (χ1n) is 6.49. The molecule has 0 aromatic carbocycles. The summed E-state index contributed by atoms with van der Waals surface area (Å²) in [7, 11) is 0. The standard InChI is InChI=1S/C13H25NO2/c1-5-14-13(15)16-12-8-10(4)6-7-11(12)9(2)3/h9-12H,5-8H2,1-4H3,(H,14,15)/t10-,11+,12-/m0/s1. The van der Waals surface area contributed by atoms with Crippen molar-refractivity contribution in [3.63, 3.8) is 0 Å². The van der Waals surface area contributed by atoms with E-state index in [4.69, 9.17) is 4.74 Å². The Hall–Kier alpha value is -0.730. The van der Waals surface area contributed by atoms with E-state index in [0.29, 0.717) is 24.3 Å². The van der Waals surface area contributed by atoms with Crippen molar-refractivity contribution >= 4 is 6.09 Å². The summed E-state index contributed by atoms with van der Waals surface area (Å²) >= 11 is 0. The van der Waals surface area contributed by atoms with Gasteiger partial charge >= 0.3 is 6.09 Å². The summed E-state index contributed by atoms with van der Waals surface area (Å²) in [5.41, 5.74) is 0. The maximum atomic E-state index is 11.5. The lowest BCUT2D eigenvalue weighted by Gasteiger charge is -2.36. The van der Waals surface area contributed by atoms with E-state index in [9.17, 15) is 4.79 Å². The second kappa shape index (κ2) is 6.12. The molecule has 1 aliphatic carbocycles. The van der Waals surface area contributed by atoms with Crippen LogP contribution in [0.5, 0.6) is 0 Å².